The van der Waals surface area contributed by atoms with E-state index in [2.05, 4.69) is 25.7 Å². The van der Waals surface area contributed by atoms with Gasteiger partial charge in [-0.15, -0.1) is 0 Å². The molecule has 2 aromatic rings. The van der Waals surface area contributed by atoms with Gasteiger partial charge in [0.1, 0.15) is 5.02 Å². The van der Waals surface area contributed by atoms with Crippen molar-refractivity contribution < 1.29 is 4.92 Å². The molecule has 1 heterocycles. The number of hydrazone groups is 1. The SMILES string of the molecule is O=c1nc(N/N=C/c2ccc(Cl)c([N+](=O)[O-])c2)cn[nH]1. The summed E-state index contributed by atoms with van der Waals surface area (Å²) in [5, 5.41) is 20.2. The normalized spacial score (nSPS) is 10.7. The number of anilines is 1. The van der Waals surface area contributed by atoms with Gasteiger partial charge in [-0.25, -0.2) is 9.89 Å². The molecule has 2 rings (SSSR count). The summed E-state index contributed by atoms with van der Waals surface area (Å²) in [5.74, 6) is 0.147. The Balaban J connectivity index is 2.14. The highest BCUT2D eigenvalue weighted by Crippen LogP contribution is 2.24. The first-order valence-electron chi connectivity index (χ1n) is 5.21. The third-order valence-electron chi connectivity index (χ3n) is 2.13. The van der Waals surface area contributed by atoms with Gasteiger partial charge in [0, 0.05) is 11.6 Å². The summed E-state index contributed by atoms with van der Waals surface area (Å²) >= 11 is 5.68. The molecule has 2 N–H and O–H groups in total. The summed E-state index contributed by atoms with van der Waals surface area (Å²) < 4.78 is 0. The van der Waals surface area contributed by atoms with Crippen LogP contribution in [-0.4, -0.2) is 26.3 Å². The van der Waals surface area contributed by atoms with Crippen LogP contribution in [-0.2, 0) is 0 Å². The van der Waals surface area contributed by atoms with Crippen molar-refractivity contribution in [1.29, 1.82) is 0 Å². The van der Waals surface area contributed by atoms with Gasteiger partial charge in [-0.05, 0) is 6.07 Å². The Morgan fingerprint density at radius 1 is 1.50 bits per heavy atom. The van der Waals surface area contributed by atoms with E-state index in [-0.39, 0.29) is 16.5 Å². The molecule has 0 fully saturated rings. The van der Waals surface area contributed by atoms with Crippen molar-refractivity contribution in [2.24, 2.45) is 5.10 Å². The average molecular weight is 295 g/mol. The number of nitrogens with zero attached hydrogens (tertiary/aromatic N) is 4. The fraction of sp³-hybridized carbons (Fsp3) is 0. The molecular weight excluding hydrogens is 288 g/mol. The number of aromatic amines is 1. The lowest BCUT2D eigenvalue weighted by Gasteiger charge is -1.98. The Labute approximate surface area is 116 Å². The standard InChI is InChI=1S/C10H7ClN6O3/c11-7-2-1-6(3-8(7)17(19)20)4-12-15-9-5-13-16-10(18)14-9/h1-5H,(H2,14,15,16,18)/b12-4+. The largest absolute Gasteiger partial charge is 0.363 e. The molecule has 102 valence electrons. The minimum absolute atomic E-state index is 0.0422. The van der Waals surface area contributed by atoms with E-state index in [1.165, 1.54) is 24.5 Å². The van der Waals surface area contributed by atoms with E-state index in [1.807, 2.05) is 0 Å². The van der Waals surface area contributed by atoms with Crippen molar-refractivity contribution in [3.63, 3.8) is 0 Å². The molecule has 0 bridgehead atoms. The van der Waals surface area contributed by atoms with Crippen LogP contribution in [0.3, 0.4) is 0 Å². The van der Waals surface area contributed by atoms with Crippen molar-refractivity contribution in [1.82, 2.24) is 15.2 Å². The monoisotopic (exact) mass is 294 g/mol. The van der Waals surface area contributed by atoms with Gasteiger partial charge < -0.3 is 0 Å². The highest BCUT2D eigenvalue weighted by Gasteiger charge is 2.11. The minimum atomic E-state index is -0.618. The second-order valence-corrected chi connectivity index (χ2v) is 3.92. The molecule has 10 heteroatoms. The highest BCUT2D eigenvalue weighted by molar-refractivity contribution is 6.32. The lowest BCUT2D eigenvalue weighted by molar-refractivity contribution is -0.384. The second kappa shape index (κ2) is 5.89. The number of nitro benzene ring substituents is 1. The molecule has 0 aliphatic carbocycles. The lowest BCUT2D eigenvalue weighted by Crippen LogP contribution is -2.13. The molecular formula is C10H7ClN6O3. The number of hydrogen-bond donors (Lipinski definition) is 2. The molecule has 0 unspecified atom stereocenters. The lowest BCUT2D eigenvalue weighted by atomic mass is 10.2. The van der Waals surface area contributed by atoms with Gasteiger partial charge in [0.2, 0.25) is 0 Å². The van der Waals surface area contributed by atoms with E-state index in [1.54, 1.807) is 6.07 Å². The molecule has 9 nitrogen and oxygen atoms in total. The quantitative estimate of drug-likeness (QED) is 0.495. The summed E-state index contributed by atoms with van der Waals surface area (Å²) in [7, 11) is 0. The fourth-order valence-corrected chi connectivity index (χ4v) is 1.48. The van der Waals surface area contributed by atoms with E-state index in [0.29, 0.717) is 5.56 Å². The van der Waals surface area contributed by atoms with Crippen LogP contribution in [0.1, 0.15) is 5.56 Å². The topological polar surface area (TPSA) is 126 Å². The van der Waals surface area contributed by atoms with Crippen LogP contribution in [0, 0.1) is 10.1 Å². The predicted octanol–water partition coefficient (Wildman–Crippen LogP) is 1.17. The molecule has 0 spiro atoms. The van der Waals surface area contributed by atoms with Gasteiger partial charge in [-0.2, -0.15) is 15.2 Å². The van der Waals surface area contributed by atoms with Gasteiger partial charge in [0.25, 0.3) is 5.69 Å². The summed E-state index contributed by atoms with van der Waals surface area (Å²) in [6.45, 7) is 0. The van der Waals surface area contributed by atoms with Crippen LogP contribution in [0.5, 0.6) is 0 Å². The van der Waals surface area contributed by atoms with E-state index in [9.17, 15) is 14.9 Å². The Morgan fingerprint density at radius 3 is 3.00 bits per heavy atom. The van der Waals surface area contributed by atoms with Crippen LogP contribution in [0.25, 0.3) is 0 Å². The first-order chi connectivity index (χ1) is 9.56. The molecule has 0 saturated carbocycles. The van der Waals surface area contributed by atoms with Crippen LogP contribution in [0.2, 0.25) is 5.02 Å². The van der Waals surface area contributed by atoms with E-state index < -0.39 is 10.6 Å². The molecule has 1 aromatic carbocycles. The first kappa shape index (κ1) is 13.6. The third kappa shape index (κ3) is 3.36. The average Bonchev–Trinajstić information content (AvgIpc) is 2.40. The summed E-state index contributed by atoms with van der Waals surface area (Å²) in [4.78, 5) is 24.5. The molecule has 0 atom stereocenters. The second-order valence-electron chi connectivity index (χ2n) is 3.51. The van der Waals surface area contributed by atoms with Gasteiger partial charge >= 0.3 is 5.69 Å². The highest BCUT2D eigenvalue weighted by atomic mass is 35.5. The number of benzene rings is 1. The summed E-state index contributed by atoms with van der Waals surface area (Å²) in [5.41, 5.74) is 2.10. The van der Waals surface area contributed by atoms with Crippen molar-refractivity contribution in [2.75, 3.05) is 5.43 Å². The maximum Gasteiger partial charge on any atom is 0.363 e. The van der Waals surface area contributed by atoms with Crippen LogP contribution in [0.4, 0.5) is 11.5 Å². The number of rotatable bonds is 4. The van der Waals surface area contributed by atoms with E-state index in [0.717, 1.165) is 0 Å². The zero-order valence-corrected chi connectivity index (χ0v) is 10.5. The van der Waals surface area contributed by atoms with Crippen LogP contribution in [0.15, 0.2) is 34.3 Å². The van der Waals surface area contributed by atoms with Gasteiger partial charge in [0.05, 0.1) is 17.3 Å². The molecule has 0 amide bonds. The molecule has 0 aliphatic rings. The Bertz CT molecular complexity index is 729. The molecule has 1 aromatic heterocycles. The van der Waals surface area contributed by atoms with E-state index >= 15 is 0 Å². The Morgan fingerprint density at radius 2 is 2.30 bits per heavy atom. The van der Waals surface area contributed by atoms with Crippen molar-refractivity contribution >= 4 is 29.3 Å². The number of hydrogen-bond acceptors (Lipinski definition) is 7. The predicted molar refractivity (Wildman–Crippen MR) is 72.0 cm³/mol. The fourth-order valence-electron chi connectivity index (χ4n) is 1.29. The summed E-state index contributed by atoms with van der Waals surface area (Å²) in [6, 6.07) is 4.23. The minimum Gasteiger partial charge on any atom is -0.260 e. The van der Waals surface area contributed by atoms with Crippen LogP contribution < -0.4 is 11.1 Å². The number of aromatic nitrogens is 3. The third-order valence-corrected chi connectivity index (χ3v) is 2.45. The van der Waals surface area contributed by atoms with Gasteiger partial charge in [0.15, 0.2) is 5.82 Å². The summed E-state index contributed by atoms with van der Waals surface area (Å²) in [6.07, 6.45) is 2.59. The van der Waals surface area contributed by atoms with Gasteiger partial charge in [-0.3, -0.25) is 15.5 Å². The molecule has 0 saturated heterocycles. The van der Waals surface area contributed by atoms with Crippen molar-refractivity contribution in [3.8, 4) is 0 Å². The Kier molecular flexibility index (Phi) is 4.01. The van der Waals surface area contributed by atoms with Crippen molar-refractivity contribution in [3.05, 3.63) is 55.6 Å². The molecule has 20 heavy (non-hydrogen) atoms. The van der Waals surface area contributed by atoms with Gasteiger partial charge in [-0.1, -0.05) is 17.7 Å². The maximum absolute atomic E-state index is 10.9. The smallest absolute Gasteiger partial charge is 0.260 e. The maximum atomic E-state index is 10.9. The number of H-pyrrole nitrogens is 1. The number of halogens is 1. The molecule has 0 radical (unpaired) electrons. The number of nitrogens with one attached hydrogen (secondary N) is 2. The zero-order chi connectivity index (χ0) is 14.5. The van der Waals surface area contributed by atoms with E-state index in [4.69, 9.17) is 11.6 Å². The van der Waals surface area contributed by atoms with Crippen LogP contribution >= 0.6 is 11.6 Å². The Hall–Kier alpha value is -2.81. The zero-order valence-electron chi connectivity index (χ0n) is 9.78. The number of nitro groups is 1. The van der Waals surface area contributed by atoms with Crippen molar-refractivity contribution in [2.45, 2.75) is 0 Å². The molecule has 0 aliphatic heterocycles. The first-order valence-corrected chi connectivity index (χ1v) is 5.59.